The minimum absolute atomic E-state index is 0.0847. The number of aliphatic hydroxyl groups is 2. The second-order valence-corrected chi connectivity index (χ2v) is 9.93. The Hall–Kier alpha value is -3.26. The van der Waals surface area contributed by atoms with Crippen molar-refractivity contribution in [3.8, 4) is 0 Å². The lowest BCUT2D eigenvalue weighted by atomic mass is 9.67. The molecule has 0 spiro atoms. The zero-order valence-corrected chi connectivity index (χ0v) is 18.9. The van der Waals surface area contributed by atoms with Crippen LogP contribution in [-0.4, -0.2) is 34.7 Å². The number of anilines is 2. The van der Waals surface area contributed by atoms with Crippen LogP contribution in [0.4, 0.5) is 11.4 Å². The van der Waals surface area contributed by atoms with Crippen LogP contribution in [0.2, 0.25) is 0 Å². The fourth-order valence-corrected chi connectivity index (χ4v) is 5.93. The van der Waals surface area contributed by atoms with Gasteiger partial charge in [0.05, 0.1) is 12.5 Å². The predicted octanol–water partition coefficient (Wildman–Crippen LogP) is 3.59. The highest BCUT2D eigenvalue weighted by Gasteiger charge is 2.50. The highest BCUT2D eigenvalue weighted by molar-refractivity contribution is 7.11. The van der Waals surface area contributed by atoms with Crippen molar-refractivity contribution in [2.75, 3.05) is 17.2 Å². The van der Waals surface area contributed by atoms with E-state index >= 15 is 0 Å². The van der Waals surface area contributed by atoms with E-state index in [1.54, 1.807) is 29.5 Å². The van der Waals surface area contributed by atoms with Crippen LogP contribution in [0.3, 0.4) is 0 Å². The van der Waals surface area contributed by atoms with E-state index in [1.165, 1.54) is 9.75 Å². The molecule has 0 radical (unpaired) electrons. The number of carbonyl (C=O) groups excluding carboxylic acids is 2. The summed E-state index contributed by atoms with van der Waals surface area (Å²) in [6.07, 6.45) is 3.40. The standard InChI is InChI=1S/C26H24N2O4S/c1-15-6-8-18(33-15)13-26(11-10-16-4-2-3-5-20(16)26)23-19-12-17(27-24(31)22(30)14-29)7-9-21(19)28-25(23)32/h2-12,22-23,29-30H,13-14H2,1H3,(H,27,31)(H,28,32). The van der Waals surface area contributed by atoms with Crippen LogP contribution in [0.5, 0.6) is 0 Å². The number of hydrogen-bond donors (Lipinski definition) is 4. The van der Waals surface area contributed by atoms with Crippen molar-refractivity contribution in [2.45, 2.75) is 30.8 Å². The van der Waals surface area contributed by atoms with Gasteiger partial charge in [-0.3, -0.25) is 9.59 Å². The van der Waals surface area contributed by atoms with Crippen molar-refractivity contribution >= 4 is 40.6 Å². The first kappa shape index (κ1) is 21.6. The van der Waals surface area contributed by atoms with Crippen LogP contribution in [0.15, 0.2) is 60.7 Å². The summed E-state index contributed by atoms with van der Waals surface area (Å²) in [5.74, 6) is -1.27. The van der Waals surface area contributed by atoms with E-state index in [2.05, 4.69) is 54.0 Å². The summed E-state index contributed by atoms with van der Waals surface area (Å²) in [4.78, 5) is 27.9. The number of allylic oxidation sites excluding steroid dienone is 1. The molecule has 0 saturated carbocycles. The van der Waals surface area contributed by atoms with Crippen LogP contribution < -0.4 is 10.6 Å². The van der Waals surface area contributed by atoms with E-state index in [9.17, 15) is 14.7 Å². The first-order chi connectivity index (χ1) is 15.9. The number of thiophene rings is 1. The second-order valence-electron chi connectivity index (χ2n) is 8.56. The number of fused-ring (bicyclic) bond motifs is 2. The number of nitrogens with one attached hydrogen (secondary N) is 2. The van der Waals surface area contributed by atoms with Gasteiger partial charge in [-0.25, -0.2) is 0 Å². The summed E-state index contributed by atoms with van der Waals surface area (Å²) in [6.45, 7) is 1.41. The molecule has 2 aliphatic rings. The predicted molar refractivity (Wildman–Crippen MR) is 129 cm³/mol. The van der Waals surface area contributed by atoms with Crippen LogP contribution >= 0.6 is 11.3 Å². The van der Waals surface area contributed by atoms with E-state index in [4.69, 9.17) is 5.11 Å². The van der Waals surface area contributed by atoms with Gasteiger partial charge in [-0.2, -0.15) is 0 Å². The number of benzene rings is 2. The van der Waals surface area contributed by atoms with E-state index in [1.807, 2.05) is 12.1 Å². The average Bonchev–Trinajstić information content (AvgIpc) is 3.48. The van der Waals surface area contributed by atoms with Gasteiger partial charge in [-0.05, 0) is 60.4 Å². The Labute approximate surface area is 195 Å². The van der Waals surface area contributed by atoms with E-state index in [-0.39, 0.29) is 5.91 Å². The summed E-state index contributed by atoms with van der Waals surface area (Å²) in [5, 5.41) is 24.3. The number of amides is 2. The maximum Gasteiger partial charge on any atom is 0.255 e. The summed E-state index contributed by atoms with van der Waals surface area (Å²) >= 11 is 1.73. The average molecular weight is 461 g/mol. The second kappa shape index (κ2) is 8.26. The van der Waals surface area contributed by atoms with Crippen molar-refractivity contribution in [3.05, 3.63) is 87.1 Å². The van der Waals surface area contributed by atoms with E-state index < -0.39 is 30.0 Å². The molecular formula is C26H24N2O4S. The molecule has 3 aromatic rings. The Kier molecular flexibility index (Phi) is 5.40. The summed E-state index contributed by atoms with van der Waals surface area (Å²) in [7, 11) is 0. The van der Waals surface area contributed by atoms with Crippen molar-refractivity contribution < 1.29 is 19.8 Å². The Morgan fingerprint density at radius 1 is 1.21 bits per heavy atom. The first-order valence-corrected chi connectivity index (χ1v) is 11.6. The van der Waals surface area contributed by atoms with Crippen molar-refractivity contribution in [2.24, 2.45) is 0 Å². The number of aliphatic hydroxyl groups excluding tert-OH is 2. The van der Waals surface area contributed by atoms with Gasteiger partial charge in [-0.15, -0.1) is 11.3 Å². The third-order valence-corrected chi connectivity index (χ3v) is 7.43. The highest BCUT2D eigenvalue weighted by Crippen LogP contribution is 2.53. The zero-order valence-electron chi connectivity index (χ0n) is 18.0. The minimum atomic E-state index is -1.51. The molecule has 168 valence electrons. The number of hydrogen-bond acceptors (Lipinski definition) is 5. The zero-order chi connectivity index (χ0) is 23.2. The highest BCUT2D eigenvalue weighted by atomic mass is 32.1. The molecule has 1 aromatic heterocycles. The molecule has 4 N–H and O–H groups in total. The molecule has 2 aromatic carbocycles. The monoisotopic (exact) mass is 460 g/mol. The minimum Gasteiger partial charge on any atom is -0.393 e. The van der Waals surface area contributed by atoms with Crippen LogP contribution in [-0.2, 0) is 21.4 Å². The molecule has 2 heterocycles. The Morgan fingerprint density at radius 2 is 2.03 bits per heavy atom. The van der Waals surface area contributed by atoms with Gasteiger partial charge in [0.25, 0.3) is 5.91 Å². The lowest BCUT2D eigenvalue weighted by molar-refractivity contribution is -0.125. The van der Waals surface area contributed by atoms with Gasteiger partial charge in [0.2, 0.25) is 5.91 Å². The quantitative estimate of drug-likeness (QED) is 0.452. The van der Waals surface area contributed by atoms with Crippen molar-refractivity contribution in [1.29, 1.82) is 0 Å². The van der Waals surface area contributed by atoms with Gasteiger partial charge >= 0.3 is 0 Å². The number of aryl methyl sites for hydroxylation is 1. The van der Waals surface area contributed by atoms with Gasteiger partial charge in [-0.1, -0.05) is 36.4 Å². The van der Waals surface area contributed by atoms with Gasteiger partial charge < -0.3 is 20.8 Å². The molecule has 33 heavy (non-hydrogen) atoms. The van der Waals surface area contributed by atoms with E-state index in [0.29, 0.717) is 17.8 Å². The third-order valence-electron chi connectivity index (χ3n) is 6.43. The normalized spacial score (nSPS) is 21.4. The molecule has 5 rings (SSSR count). The smallest absolute Gasteiger partial charge is 0.255 e. The molecule has 7 heteroatoms. The van der Waals surface area contributed by atoms with Crippen molar-refractivity contribution in [1.82, 2.24) is 0 Å². The Bertz CT molecular complexity index is 1280. The lowest BCUT2D eigenvalue weighted by Gasteiger charge is -2.34. The van der Waals surface area contributed by atoms with Crippen LogP contribution in [0.1, 0.15) is 32.4 Å². The number of rotatable bonds is 6. The lowest BCUT2D eigenvalue weighted by Crippen LogP contribution is -2.37. The van der Waals surface area contributed by atoms with Crippen LogP contribution in [0, 0.1) is 6.92 Å². The van der Waals surface area contributed by atoms with Crippen molar-refractivity contribution in [3.63, 3.8) is 0 Å². The molecule has 6 nitrogen and oxygen atoms in total. The summed E-state index contributed by atoms with van der Waals surface area (Å²) in [5.41, 5.74) is 3.61. The first-order valence-electron chi connectivity index (χ1n) is 10.8. The maximum absolute atomic E-state index is 13.4. The molecule has 0 saturated heterocycles. The SMILES string of the molecule is Cc1ccc(CC2(C3C(=O)Nc4ccc(NC(=O)C(O)CO)cc43)C=Cc3ccccc32)s1. The fraction of sp³-hybridized carbons (Fsp3) is 0.231. The largest absolute Gasteiger partial charge is 0.393 e. The molecule has 0 bridgehead atoms. The fourth-order valence-electron chi connectivity index (χ4n) is 4.93. The van der Waals surface area contributed by atoms with E-state index in [0.717, 1.165) is 16.7 Å². The molecule has 0 fully saturated rings. The molecular weight excluding hydrogens is 436 g/mol. The molecule has 2 amide bonds. The third kappa shape index (κ3) is 3.68. The Balaban J connectivity index is 1.60. The molecule has 1 aliphatic carbocycles. The molecule has 1 aliphatic heterocycles. The molecule has 3 unspecified atom stereocenters. The number of carbonyl (C=O) groups is 2. The van der Waals surface area contributed by atoms with Gasteiger partial charge in [0.15, 0.2) is 6.10 Å². The van der Waals surface area contributed by atoms with Gasteiger partial charge in [0.1, 0.15) is 0 Å². The summed E-state index contributed by atoms with van der Waals surface area (Å²) < 4.78 is 0. The van der Waals surface area contributed by atoms with Gasteiger partial charge in [0, 0.05) is 26.5 Å². The van der Waals surface area contributed by atoms with Crippen LogP contribution in [0.25, 0.3) is 6.08 Å². The molecule has 3 atom stereocenters. The Morgan fingerprint density at radius 3 is 2.79 bits per heavy atom. The topological polar surface area (TPSA) is 98.7 Å². The maximum atomic E-state index is 13.4. The summed E-state index contributed by atoms with van der Waals surface area (Å²) in [6, 6.07) is 17.6.